The van der Waals surface area contributed by atoms with Crippen LogP contribution in [0.15, 0.2) is 41.1 Å². The molecule has 0 saturated heterocycles. The van der Waals surface area contributed by atoms with Crippen molar-refractivity contribution in [3.05, 3.63) is 52.2 Å². The van der Waals surface area contributed by atoms with E-state index in [0.29, 0.717) is 0 Å². The molecular formula is C13H14N2OS. The second-order valence-corrected chi connectivity index (χ2v) is 4.95. The molecule has 2 unspecified atom stereocenters. The average molecular weight is 246 g/mol. The molecule has 1 aliphatic rings. The summed E-state index contributed by atoms with van der Waals surface area (Å²) >= 11 is 1.67. The lowest BCUT2D eigenvalue weighted by molar-refractivity contribution is 0.179. The normalized spacial score (nSPS) is 19.7. The molecule has 2 heterocycles. The van der Waals surface area contributed by atoms with Crippen molar-refractivity contribution in [3.8, 4) is 5.75 Å². The van der Waals surface area contributed by atoms with Crippen LogP contribution < -0.4 is 16.0 Å². The van der Waals surface area contributed by atoms with E-state index in [1.165, 1.54) is 11.1 Å². The highest BCUT2D eigenvalue weighted by Crippen LogP contribution is 2.34. The number of hydrogen-bond acceptors (Lipinski definition) is 4. The molecule has 2 aromatic rings. The van der Waals surface area contributed by atoms with Gasteiger partial charge in [-0.25, -0.2) is 5.43 Å². The van der Waals surface area contributed by atoms with Gasteiger partial charge >= 0.3 is 0 Å². The molecule has 0 amide bonds. The predicted molar refractivity (Wildman–Crippen MR) is 68.9 cm³/mol. The van der Waals surface area contributed by atoms with Gasteiger partial charge in [0.1, 0.15) is 11.9 Å². The molecule has 3 N–H and O–H groups in total. The Kier molecular flexibility index (Phi) is 2.84. The van der Waals surface area contributed by atoms with Crippen LogP contribution >= 0.6 is 11.3 Å². The lowest BCUT2D eigenvalue weighted by atomic mass is 10.0. The van der Waals surface area contributed by atoms with Crippen molar-refractivity contribution in [1.29, 1.82) is 0 Å². The summed E-state index contributed by atoms with van der Waals surface area (Å²) < 4.78 is 5.95. The van der Waals surface area contributed by atoms with Crippen LogP contribution in [-0.2, 0) is 6.42 Å². The molecule has 1 aromatic carbocycles. The Bertz CT molecular complexity index is 473. The molecule has 1 aromatic heterocycles. The van der Waals surface area contributed by atoms with Crippen LogP contribution in [0.4, 0.5) is 0 Å². The number of hydrogen-bond donors (Lipinski definition) is 2. The van der Waals surface area contributed by atoms with E-state index in [1.807, 2.05) is 18.2 Å². The zero-order valence-electron chi connectivity index (χ0n) is 9.30. The zero-order valence-corrected chi connectivity index (χ0v) is 10.1. The standard InChI is InChI=1S/C13H14N2OS/c14-15-13(10-5-6-17-8-10)12-7-9-3-1-2-4-11(9)16-12/h1-6,8,12-13,15H,7,14H2. The summed E-state index contributed by atoms with van der Waals surface area (Å²) in [4.78, 5) is 0. The molecule has 3 rings (SSSR count). The lowest BCUT2D eigenvalue weighted by Crippen LogP contribution is -2.38. The van der Waals surface area contributed by atoms with Gasteiger partial charge in [-0.2, -0.15) is 11.3 Å². The Morgan fingerprint density at radius 1 is 1.35 bits per heavy atom. The SMILES string of the molecule is NNC(c1ccsc1)C1Cc2ccccc2O1. The molecule has 0 spiro atoms. The number of thiophene rings is 1. The molecule has 0 radical (unpaired) electrons. The Balaban J connectivity index is 1.83. The molecule has 3 nitrogen and oxygen atoms in total. The van der Waals surface area contributed by atoms with Crippen LogP contribution in [0, 0.1) is 0 Å². The van der Waals surface area contributed by atoms with Crippen molar-refractivity contribution in [2.45, 2.75) is 18.6 Å². The van der Waals surface area contributed by atoms with Crippen LogP contribution in [0.25, 0.3) is 0 Å². The monoisotopic (exact) mass is 246 g/mol. The number of rotatable bonds is 3. The molecule has 0 fully saturated rings. The zero-order chi connectivity index (χ0) is 11.7. The van der Waals surface area contributed by atoms with Crippen molar-refractivity contribution < 1.29 is 4.74 Å². The number of hydrazine groups is 1. The van der Waals surface area contributed by atoms with Crippen LogP contribution in [-0.4, -0.2) is 6.10 Å². The van der Waals surface area contributed by atoms with Crippen molar-refractivity contribution in [2.24, 2.45) is 5.84 Å². The van der Waals surface area contributed by atoms with E-state index in [0.717, 1.165) is 12.2 Å². The molecule has 2 atom stereocenters. The third-order valence-electron chi connectivity index (χ3n) is 3.13. The number of fused-ring (bicyclic) bond motifs is 1. The van der Waals surface area contributed by atoms with Gasteiger partial charge in [0, 0.05) is 6.42 Å². The maximum Gasteiger partial charge on any atom is 0.124 e. The Hall–Kier alpha value is -1.36. The average Bonchev–Trinajstić information content (AvgIpc) is 2.98. The summed E-state index contributed by atoms with van der Waals surface area (Å²) in [5.74, 6) is 6.63. The molecule has 1 aliphatic heterocycles. The first-order valence-electron chi connectivity index (χ1n) is 5.61. The molecule has 0 saturated carbocycles. The summed E-state index contributed by atoms with van der Waals surface area (Å²) in [6, 6.07) is 10.3. The second kappa shape index (κ2) is 4.49. The van der Waals surface area contributed by atoms with Crippen molar-refractivity contribution in [2.75, 3.05) is 0 Å². The predicted octanol–water partition coefficient (Wildman–Crippen LogP) is 2.26. The first-order valence-corrected chi connectivity index (χ1v) is 6.55. The fourth-order valence-corrected chi connectivity index (χ4v) is 2.96. The quantitative estimate of drug-likeness (QED) is 0.645. The maximum absolute atomic E-state index is 5.95. The van der Waals surface area contributed by atoms with Gasteiger partial charge in [-0.3, -0.25) is 5.84 Å². The van der Waals surface area contributed by atoms with E-state index in [4.69, 9.17) is 10.6 Å². The number of ether oxygens (including phenoxy) is 1. The molecule has 88 valence electrons. The van der Waals surface area contributed by atoms with Crippen molar-refractivity contribution in [1.82, 2.24) is 5.43 Å². The molecule has 0 aliphatic carbocycles. The van der Waals surface area contributed by atoms with Gasteiger partial charge in [-0.1, -0.05) is 18.2 Å². The lowest BCUT2D eigenvalue weighted by Gasteiger charge is -2.21. The van der Waals surface area contributed by atoms with E-state index in [2.05, 4.69) is 28.3 Å². The van der Waals surface area contributed by atoms with Crippen LogP contribution in [0.2, 0.25) is 0 Å². The fourth-order valence-electron chi connectivity index (χ4n) is 2.26. The highest BCUT2D eigenvalue weighted by atomic mass is 32.1. The fraction of sp³-hybridized carbons (Fsp3) is 0.231. The van der Waals surface area contributed by atoms with Gasteiger partial charge in [-0.15, -0.1) is 0 Å². The van der Waals surface area contributed by atoms with Gasteiger partial charge in [-0.05, 0) is 34.0 Å². The van der Waals surface area contributed by atoms with E-state index >= 15 is 0 Å². The van der Waals surface area contributed by atoms with Crippen molar-refractivity contribution >= 4 is 11.3 Å². The third kappa shape index (κ3) is 1.95. The minimum absolute atomic E-state index is 0.0497. The highest BCUT2D eigenvalue weighted by Gasteiger charge is 2.30. The van der Waals surface area contributed by atoms with Crippen molar-refractivity contribution in [3.63, 3.8) is 0 Å². The minimum atomic E-state index is 0.0497. The maximum atomic E-state index is 5.95. The van der Waals surface area contributed by atoms with E-state index in [-0.39, 0.29) is 12.1 Å². The second-order valence-electron chi connectivity index (χ2n) is 4.17. The first-order chi connectivity index (χ1) is 8.38. The molecule has 0 bridgehead atoms. The Morgan fingerprint density at radius 3 is 2.94 bits per heavy atom. The molecule has 4 heteroatoms. The van der Waals surface area contributed by atoms with Crippen LogP contribution in [0.3, 0.4) is 0 Å². The summed E-state index contributed by atoms with van der Waals surface area (Å²) in [7, 11) is 0. The summed E-state index contributed by atoms with van der Waals surface area (Å²) in [6.07, 6.45) is 0.980. The van der Waals surface area contributed by atoms with Crippen LogP contribution in [0.1, 0.15) is 17.2 Å². The van der Waals surface area contributed by atoms with E-state index in [9.17, 15) is 0 Å². The largest absolute Gasteiger partial charge is 0.488 e. The molecule has 17 heavy (non-hydrogen) atoms. The van der Waals surface area contributed by atoms with E-state index < -0.39 is 0 Å². The Morgan fingerprint density at radius 2 is 2.24 bits per heavy atom. The van der Waals surface area contributed by atoms with Gasteiger partial charge < -0.3 is 4.74 Å². The van der Waals surface area contributed by atoms with Gasteiger partial charge in [0.2, 0.25) is 0 Å². The van der Waals surface area contributed by atoms with E-state index in [1.54, 1.807) is 11.3 Å². The smallest absolute Gasteiger partial charge is 0.124 e. The van der Waals surface area contributed by atoms with Crippen LogP contribution in [0.5, 0.6) is 5.75 Å². The number of nitrogens with two attached hydrogens (primary N) is 1. The van der Waals surface area contributed by atoms with Gasteiger partial charge in [0.25, 0.3) is 0 Å². The van der Waals surface area contributed by atoms with Gasteiger partial charge in [0.05, 0.1) is 6.04 Å². The highest BCUT2D eigenvalue weighted by molar-refractivity contribution is 7.07. The molecular weight excluding hydrogens is 232 g/mol. The minimum Gasteiger partial charge on any atom is -0.488 e. The summed E-state index contributed by atoms with van der Waals surface area (Å²) in [6.45, 7) is 0. The number of nitrogens with one attached hydrogen (secondary N) is 1. The van der Waals surface area contributed by atoms with Gasteiger partial charge in [0.15, 0.2) is 0 Å². The third-order valence-corrected chi connectivity index (χ3v) is 3.83. The topological polar surface area (TPSA) is 47.3 Å². The number of para-hydroxylation sites is 1. The first kappa shape index (κ1) is 10.8. The summed E-state index contributed by atoms with van der Waals surface area (Å²) in [5, 5.41) is 4.17. The Labute approximate surface area is 104 Å². The summed E-state index contributed by atoms with van der Waals surface area (Å²) in [5.41, 5.74) is 5.31. The number of benzene rings is 1.